The van der Waals surface area contributed by atoms with Crippen molar-refractivity contribution in [1.29, 1.82) is 0 Å². The molecule has 112 valence electrons. The van der Waals surface area contributed by atoms with E-state index in [1.54, 1.807) is 6.20 Å². The summed E-state index contributed by atoms with van der Waals surface area (Å²) in [6.45, 7) is 1.33. The summed E-state index contributed by atoms with van der Waals surface area (Å²) in [6, 6.07) is 9.85. The zero-order valence-corrected chi connectivity index (χ0v) is 11.5. The minimum Gasteiger partial charge on any atom is -0.369 e. The predicted octanol–water partition coefficient (Wildman–Crippen LogP) is 3.16. The maximum absolute atomic E-state index is 12.5. The Morgan fingerprint density at radius 2 is 2.00 bits per heavy atom. The molecule has 1 saturated heterocycles. The van der Waals surface area contributed by atoms with Gasteiger partial charge >= 0.3 is 6.43 Å². The van der Waals surface area contributed by atoms with Crippen LogP contribution in [0.5, 0.6) is 0 Å². The normalized spacial score (nSPS) is 15.5. The molecule has 0 aliphatic carbocycles. The summed E-state index contributed by atoms with van der Waals surface area (Å²) < 4.78 is 29.9. The zero-order chi connectivity index (χ0) is 15.1. The highest BCUT2D eigenvalue weighted by molar-refractivity contribution is 5.91. The van der Waals surface area contributed by atoms with E-state index in [2.05, 4.69) is 20.0 Å². The van der Waals surface area contributed by atoms with Crippen LogP contribution in [-0.4, -0.2) is 28.2 Å². The van der Waals surface area contributed by atoms with E-state index >= 15 is 0 Å². The maximum atomic E-state index is 12.5. The smallest absolute Gasteiger partial charge is 0.300 e. The van der Waals surface area contributed by atoms with Gasteiger partial charge in [0.15, 0.2) is 0 Å². The van der Waals surface area contributed by atoms with Crippen LogP contribution in [0.3, 0.4) is 0 Å². The van der Waals surface area contributed by atoms with E-state index in [0.29, 0.717) is 13.1 Å². The monoisotopic (exact) mass is 302 g/mol. The molecular formula is C15H12F2N4O. The fraction of sp³-hybridized carbons (Fsp3) is 0.267. The van der Waals surface area contributed by atoms with Crippen LogP contribution >= 0.6 is 0 Å². The first-order chi connectivity index (χ1) is 10.7. The first-order valence-corrected chi connectivity index (χ1v) is 6.93. The van der Waals surface area contributed by atoms with E-state index in [1.807, 2.05) is 30.3 Å². The summed E-state index contributed by atoms with van der Waals surface area (Å²) in [5.41, 5.74) is 2.01. The molecule has 4 rings (SSSR count). The lowest BCUT2D eigenvalue weighted by molar-refractivity contribution is 0.136. The van der Waals surface area contributed by atoms with Gasteiger partial charge in [0, 0.05) is 30.4 Å². The van der Waals surface area contributed by atoms with Crippen molar-refractivity contribution in [3.8, 4) is 0 Å². The molecule has 0 N–H and O–H groups in total. The second-order valence-corrected chi connectivity index (χ2v) is 5.24. The molecular weight excluding hydrogens is 290 g/mol. The number of halogens is 2. The Labute approximate surface area is 124 Å². The third-order valence-electron chi connectivity index (χ3n) is 3.85. The molecule has 1 aromatic carbocycles. The molecule has 0 spiro atoms. The number of aromatic nitrogens is 3. The van der Waals surface area contributed by atoms with Gasteiger partial charge in [0.05, 0.1) is 11.4 Å². The zero-order valence-electron chi connectivity index (χ0n) is 11.5. The SMILES string of the molecule is FC(F)c1noc(C2CN(c3ccnc4ccccc34)C2)n1. The van der Waals surface area contributed by atoms with E-state index in [1.165, 1.54) is 0 Å². The molecule has 1 aliphatic heterocycles. The van der Waals surface area contributed by atoms with E-state index in [4.69, 9.17) is 4.52 Å². The number of hydrogen-bond donors (Lipinski definition) is 0. The number of hydrogen-bond acceptors (Lipinski definition) is 5. The van der Waals surface area contributed by atoms with Gasteiger partial charge in [0.2, 0.25) is 11.7 Å². The number of anilines is 1. The fourth-order valence-electron chi connectivity index (χ4n) is 2.69. The van der Waals surface area contributed by atoms with Crippen LogP contribution in [0, 0.1) is 0 Å². The third-order valence-corrected chi connectivity index (χ3v) is 3.85. The van der Waals surface area contributed by atoms with Crippen molar-refractivity contribution in [2.75, 3.05) is 18.0 Å². The number of benzene rings is 1. The summed E-state index contributed by atoms with van der Waals surface area (Å²) in [5.74, 6) is -0.264. The maximum Gasteiger partial charge on any atom is 0.300 e. The van der Waals surface area contributed by atoms with Crippen LogP contribution in [0.25, 0.3) is 10.9 Å². The van der Waals surface area contributed by atoms with Crippen LogP contribution in [-0.2, 0) is 0 Å². The molecule has 0 bridgehead atoms. The Balaban J connectivity index is 1.54. The Bertz CT molecular complexity index is 809. The van der Waals surface area contributed by atoms with Gasteiger partial charge in [-0.25, -0.2) is 8.78 Å². The van der Waals surface area contributed by atoms with Crippen LogP contribution < -0.4 is 4.90 Å². The topological polar surface area (TPSA) is 55.1 Å². The highest BCUT2D eigenvalue weighted by Gasteiger charge is 2.34. The van der Waals surface area contributed by atoms with Crippen molar-refractivity contribution in [2.24, 2.45) is 0 Å². The standard InChI is InChI=1S/C15H12F2N4O/c16-13(17)14-19-15(22-20-14)9-7-21(8-9)12-5-6-18-11-4-2-1-3-10(11)12/h1-6,9,13H,7-8H2. The Morgan fingerprint density at radius 3 is 2.77 bits per heavy atom. The molecule has 5 nitrogen and oxygen atoms in total. The van der Waals surface area contributed by atoms with E-state index in [-0.39, 0.29) is 11.8 Å². The van der Waals surface area contributed by atoms with Crippen molar-refractivity contribution in [2.45, 2.75) is 12.3 Å². The van der Waals surface area contributed by atoms with Crippen LogP contribution in [0.2, 0.25) is 0 Å². The first-order valence-electron chi connectivity index (χ1n) is 6.93. The van der Waals surface area contributed by atoms with Crippen molar-refractivity contribution in [1.82, 2.24) is 15.1 Å². The van der Waals surface area contributed by atoms with Crippen molar-refractivity contribution < 1.29 is 13.3 Å². The van der Waals surface area contributed by atoms with Gasteiger partial charge in [-0.05, 0) is 12.1 Å². The highest BCUT2D eigenvalue weighted by Crippen LogP contribution is 2.34. The van der Waals surface area contributed by atoms with Crippen molar-refractivity contribution in [3.05, 3.63) is 48.2 Å². The number of para-hydroxylation sites is 1. The lowest BCUT2D eigenvalue weighted by Crippen LogP contribution is -2.45. The van der Waals surface area contributed by atoms with Crippen LogP contribution in [0.4, 0.5) is 14.5 Å². The van der Waals surface area contributed by atoms with Crippen molar-refractivity contribution in [3.63, 3.8) is 0 Å². The lowest BCUT2D eigenvalue weighted by atomic mass is 9.98. The quantitative estimate of drug-likeness (QED) is 0.744. The molecule has 1 fully saturated rings. The van der Waals surface area contributed by atoms with Gasteiger partial charge in [-0.3, -0.25) is 4.98 Å². The summed E-state index contributed by atoms with van der Waals surface area (Å²) >= 11 is 0. The molecule has 0 unspecified atom stereocenters. The average Bonchev–Trinajstić information content (AvgIpc) is 2.96. The van der Waals surface area contributed by atoms with E-state index < -0.39 is 12.2 Å². The second kappa shape index (κ2) is 5.01. The van der Waals surface area contributed by atoms with Gasteiger partial charge in [-0.15, -0.1) is 0 Å². The lowest BCUT2D eigenvalue weighted by Gasteiger charge is -2.39. The Kier molecular flexibility index (Phi) is 2.99. The summed E-state index contributed by atoms with van der Waals surface area (Å²) in [5, 5.41) is 4.37. The molecule has 2 aromatic heterocycles. The summed E-state index contributed by atoms with van der Waals surface area (Å²) in [4.78, 5) is 10.2. The predicted molar refractivity (Wildman–Crippen MR) is 76.0 cm³/mol. The number of nitrogens with zero attached hydrogens (tertiary/aromatic N) is 4. The Morgan fingerprint density at radius 1 is 1.18 bits per heavy atom. The molecule has 0 saturated carbocycles. The molecule has 0 atom stereocenters. The minimum absolute atomic E-state index is 0.00747. The van der Waals surface area contributed by atoms with Crippen LogP contribution in [0.15, 0.2) is 41.1 Å². The fourth-order valence-corrected chi connectivity index (χ4v) is 2.69. The Hall–Kier alpha value is -2.57. The van der Waals surface area contributed by atoms with Gasteiger partial charge in [-0.2, -0.15) is 4.98 Å². The van der Waals surface area contributed by atoms with Crippen molar-refractivity contribution >= 4 is 16.6 Å². The molecule has 0 amide bonds. The van der Waals surface area contributed by atoms with Gasteiger partial charge < -0.3 is 9.42 Å². The highest BCUT2D eigenvalue weighted by atomic mass is 19.3. The number of rotatable bonds is 3. The molecule has 7 heteroatoms. The van der Waals surface area contributed by atoms with Gasteiger partial charge in [-0.1, -0.05) is 23.4 Å². The van der Waals surface area contributed by atoms with Gasteiger partial charge in [0.25, 0.3) is 0 Å². The third kappa shape index (κ3) is 2.09. The molecule has 3 aromatic rings. The largest absolute Gasteiger partial charge is 0.369 e. The minimum atomic E-state index is -2.70. The van der Waals surface area contributed by atoms with Crippen LogP contribution in [0.1, 0.15) is 24.1 Å². The molecule has 1 aliphatic rings. The molecule has 0 radical (unpaired) electrons. The number of pyridine rings is 1. The van der Waals surface area contributed by atoms with E-state index in [0.717, 1.165) is 16.6 Å². The first kappa shape index (κ1) is 13.1. The average molecular weight is 302 g/mol. The van der Waals surface area contributed by atoms with E-state index in [9.17, 15) is 8.78 Å². The molecule has 3 heterocycles. The summed E-state index contributed by atoms with van der Waals surface area (Å²) in [7, 11) is 0. The molecule has 22 heavy (non-hydrogen) atoms. The number of fused-ring (bicyclic) bond motifs is 1. The second-order valence-electron chi connectivity index (χ2n) is 5.24. The number of alkyl halides is 2. The summed E-state index contributed by atoms with van der Waals surface area (Å²) in [6.07, 6.45) is -0.926. The van der Waals surface area contributed by atoms with Gasteiger partial charge in [0.1, 0.15) is 0 Å².